The lowest BCUT2D eigenvalue weighted by Crippen LogP contribution is -2.55. The van der Waals surface area contributed by atoms with Crippen LogP contribution in [0.15, 0.2) is 30.3 Å². The van der Waals surface area contributed by atoms with Gasteiger partial charge in [0.1, 0.15) is 22.6 Å². The first-order valence-electron chi connectivity index (χ1n) is 12.4. The van der Waals surface area contributed by atoms with Crippen molar-refractivity contribution in [2.75, 3.05) is 33.3 Å². The standard InChI is InChI=1S/C27H33F3IN3O5/c1-16-12-21(18(13-19(16)31)24(35)37-6)38-22(20-8-7-9-23(32-20)27(28,29)30)15-33-10-11-34(17(2)14-33)25(36)39-26(3,4)5/h7-9,12-13,17,22H,10-11,14-15H2,1-6H3/t17-,22?/m1/s1. The normalized spacial score (nSPS) is 17.5. The molecule has 2 atom stereocenters. The highest BCUT2D eigenvalue weighted by molar-refractivity contribution is 14.1. The molecule has 8 nitrogen and oxygen atoms in total. The third-order valence-electron chi connectivity index (χ3n) is 6.09. The number of benzene rings is 1. The van der Waals surface area contributed by atoms with Crippen molar-refractivity contribution in [3.8, 4) is 5.75 Å². The fraction of sp³-hybridized carbons (Fsp3) is 0.519. The average Bonchev–Trinajstić information content (AvgIpc) is 2.83. The quantitative estimate of drug-likeness (QED) is 0.283. The Kier molecular flexibility index (Phi) is 9.73. The van der Waals surface area contributed by atoms with Crippen molar-refractivity contribution in [2.45, 2.75) is 58.5 Å². The number of alkyl halides is 3. The monoisotopic (exact) mass is 663 g/mol. The van der Waals surface area contributed by atoms with Gasteiger partial charge in [0.25, 0.3) is 0 Å². The van der Waals surface area contributed by atoms with Crippen LogP contribution in [0.4, 0.5) is 18.0 Å². The van der Waals surface area contributed by atoms with Gasteiger partial charge in [0, 0.05) is 35.8 Å². The molecule has 1 fully saturated rings. The van der Waals surface area contributed by atoms with Gasteiger partial charge in [-0.05, 0) is 87.0 Å². The molecule has 1 unspecified atom stereocenters. The summed E-state index contributed by atoms with van der Waals surface area (Å²) in [6, 6.07) is 6.72. The van der Waals surface area contributed by atoms with Gasteiger partial charge in [-0.25, -0.2) is 14.6 Å². The summed E-state index contributed by atoms with van der Waals surface area (Å²) in [6.45, 7) is 10.5. The number of aromatic nitrogens is 1. The van der Waals surface area contributed by atoms with Gasteiger partial charge in [-0.3, -0.25) is 4.90 Å². The van der Waals surface area contributed by atoms with Crippen LogP contribution >= 0.6 is 22.6 Å². The lowest BCUT2D eigenvalue weighted by Gasteiger charge is -2.41. The Bertz CT molecular complexity index is 1200. The fourth-order valence-corrected chi connectivity index (χ4v) is 4.65. The highest BCUT2D eigenvalue weighted by Crippen LogP contribution is 2.33. The summed E-state index contributed by atoms with van der Waals surface area (Å²) in [6.07, 6.45) is -6.00. The first kappa shape index (κ1) is 30.9. The van der Waals surface area contributed by atoms with Crippen molar-refractivity contribution >= 4 is 34.7 Å². The van der Waals surface area contributed by atoms with E-state index in [1.54, 1.807) is 37.8 Å². The number of esters is 1. The molecule has 0 radical (unpaired) electrons. The fourth-order valence-electron chi connectivity index (χ4n) is 4.18. The topological polar surface area (TPSA) is 81.2 Å². The number of carbonyl (C=O) groups is 2. The van der Waals surface area contributed by atoms with E-state index in [1.807, 2.05) is 18.7 Å². The maximum Gasteiger partial charge on any atom is 0.433 e. The molecule has 2 heterocycles. The van der Waals surface area contributed by atoms with E-state index in [-0.39, 0.29) is 29.6 Å². The average molecular weight is 663 g/mol. The van der Waals surface area contributed by atoms with Crippen LogP contribution in [0.25, 0.3) is 0 Å². The van der Waals surface area contributed by atoms with Crippen molar-refractivity contribution < 1.29 is 37.0 Å². The molecule has 0 spiro atoms. The van der Waals surface area contributed by atoms with E-state index < -0.39 is 35.6 Å². The lowest BCUT2D eigenvalue weighted by atomic mass is 10.1. The number of halogens is 4. The molecule has 1 aliphatic rings. The molecule has 1 saturated heterocycles. The Hall–Kier alpha value is -2.61. The first-order valence-corrected chi connectivity index (χ1v) is 13.5. The van der Waals surface area contributed by atoms with E-state index in [0.717, 1.165) is 15.2 Å². The first-order chi connectivity index (χ1) is 18.1. The number of pyridine rings is 1. The smallest absolute Gasteiger partial charge is 0.433 e. The van der Waals surface area contributed by atoms with Crippen molar-refractivity contribution in [3.63, 3.8) is 0 Å². The van der Waals surface area contributed by atoms with Crippen LogP contribution in [0.3, 0.4) is 0 Å². The number of hydrogen-bond donors (Lipinski definition) is 0. The zero-order valence-corrected chi connectivity index (χ0v) is 24.9. The summed E-state index contributed by atoms with van der Waals surface area (Å²) in [5.74, 6) is -0.442. The predicted molar refractivity (Wildman–Crippen MR) is 147 cm³/mol. The second-order valence-electron chi connectivity index (χ2n) is 10.4. The van der Waals surface area contributed by atoms with Gasteiger partial charge >= 0.3 is 18.2 Å². The third kappa shape index (κ3) is 8.19. The van der Waals surface area contributed by atoms with E-state index in [0.29, 0.717) is 19.6 Å². The molecule has 0 bridgehead atoms. The van der Waals surface area contributed by atoms with Crippen molar-refractivity contribution in [1.29, 1.82) is 0 Å². The number of amides is 1. The zero-order valence-electron chi connectivity index (χ0n) is 22.8. The molecule has 39 heavy (non-hydrogen) atoms. The minimum atomic E-state index is -4.63. The highest BCUT2D eigenvalue weighted by Gasteiger charge is 2.35. The second-order valence-corrected chi connectivity index (χ2v) is 11.6. The summed E-state index contributed by atoms with van der Waals surface area (Å²) in [7, 11) is 1.25. The third-order valence-corrected chi connectivity index (χ3v) is 7.25. The summed E-state index contributed by atoms with van der Waals surface area (Å²) in [5, 5.41) is 0. The van der Waals surface area contributed by atoms with E-state index in [9.17, 15) is 22.8 Å². The minimum absolute atomic E-state index is 0.0686. The number of ether oxygens (including phenoxy) is 3. The molecule has 2 aromatic rings. The Morgan fingerprint density at radius 1 is 1.18 bits per heavy atom. The van der Waals surface area contributed by atoms with Gasteiger partial charge in [0.2, 0.25) is 0 Å². The van der Waals surface area contributed by atoms with Crippen LogP contribution in [0.2, 0.25) is 0 Å². The maximum atomic E-state index is 13.5. The molecule has 1 amide bonds. The maximum absolute atomic E-state index is 13.5. The number of carbonyl (C=O) groups excluding carboxylic acids is 2. The molecular formula is C27H33F3IN3O5. The van der Waals surface area contributed by atoms with Crippen LogP contribution in [0.1, 0.15) is 61.1 Å². The summed E-state index contributed by atoms with van der Waals surface area (Å²) < 4.78 is 58.0. The van der Waals surface area contributed by atoms with Crippen molar-refractivity contribution in [1.82, 2.24) is 14.8 Å². The Balaban J connectivity index is 1.92. The number of piperazine rings is 1. The molecule has 0 aliphatic carbocycles. The van der Waals surface area contributed by atoms with Gasteiger partial charge < -0.3 is 19.1 Å². The molecule has 214 valence electrons. The van der Waals surface area contributed by atoms with Crippen LogP contribution < -0.4 is 4.74 Å². The van der Waals surface area contributed by atoms with Crippen LogP contribution in [0, 0.1) is 10.5 Å². The van der Waals surface area contributed by atoms with Gasteiger partial charge in [-0.2, -0.15) is 13.2 Å². The van der Waals surface area contributed by atoms with E-state index in [1.165, 1.54) is 19.2 Å². The van der Waals surface area contributed by atoms with Gasteiger partial charge in [0.05, 0.1) is 12.8 Å². The van der Waals surface area contributed by atoms with Gasteiger partial charge in [-0.15, -0.1) is 0 Å². The van der Waals surface area contributed by atoms with Crippen molar-refractivity contribution in [2.24, 2.45) is 0 Å². The Morgan fingerprint density at radius 3 is 2.46 bits per heavy atom. The highest BCUT2D eigenvalue weighted by atomic mass is 127. The molecule has 1 aliphatic heterocycles. The largest absolute Gasteiger partial charge is 0.482 e. The molecule has 1 aromatic heterocycles. The summed E-state index contributed by atoms with van der Waals surface area (Å²) in [4.78, 5) is 32.6. The van der Waals surface area contributed by atoms with E-state index in [2.05, 4.69) is 27.6 Å². The van der Waals surface area contributed by atoms with Gasteiger partial charge in [-0.1, -0.05) is 6.07 Å². The number of nitrogens with zero attached hydrogens (tertiary/aromatic N) is 3. The minimum Gasteiger partial charge on any atom is -0.482 e. The number of aryl methyl sites for hydroxylation is 1. The molecule has 0 N–H and O–H groups in total. The van der Waals surface area contributed by atoms with E-state index >= 15 is 0 Å². The Labute approximate surface area is 239 Å². The molecule has 0 saturated carbocycles. The van der Waals surface area contributed by atoms with Crippen LogP contribution in [-0.4, -0.2) is 71.8 Å². The zero-order chi connectivity index (χ0) is 29.1. The summed E-state index contributed by atoms with van der Waals surface area (Å²) in [5.41, 5.74) is -0.616. The Morgan fingerprint density at radius 2 is 1.87 bits per heavy atom. The predicted octanol–water partition coefficient (Wildman–Crippen LogP) is 5.86. The van der Waals surface area contributed by atoms with Crippen LogP contribution in [-0.2, 0) is 15.7 Å². The molecular weight excluding hydrogens is 630 g/mol. The summed E-state index contributed by atoms with van der Waals surface area (Å²) >= 11 is 2.08. The van der Waals surface area contributed by atoms with Crippen LogP contribution in [0.5, 0.6) is 5.75 Å². The lowest BCUT2D eigenvalue weighted by molar-refractivity contribution is -0.141. The number of methoxy groups -OCH3 is 1. The molecule has 1 aromatic carbocycles. The number of hydrogen-bond acceptors (Lipinski definition) is 7. The van der Waals surface area contributed by atoms with E-state index in [4.69, 9.17) is 14.2 Å². The van der Waals surface area contributed by atoms with Crippen molar-refractivity contribution in [3.05, 3.63) is 56.4 Å². The number of rotatable bonds is 6. The SMILES string of the molecule is COC(=O)c1cc(I)c(C)cc1OC(CN1CCN(C(=O)OC(C)(C)C)[C@H](C)C1)c1cccc(C(F)(F)F)n1. The van der Waals surface area contributed by atoms with Gasteiger partial charge in [0.15, 0.2) is 6.10 Å². The molecule has 12 heteroatoms. The molecule has 3 rings (SSSR count). The second kappa shape index (κ2) is 12.3.